The number of aliphatic hydroxyl groups is 1. The normalized spacial score (nSPS) is 16.9. The average molecular weight is 385 g/mol. The minimum Gasteiger partial charge on any atom is -0.481 e. The molecule has 1 aromatic carbocycles. The second-order valence-corrected chi connectivity index (χ2v) is 5.85. The summed E-state index contributed by atoms with van der Waals surface area (Å²) in [5, 5.41) is 10.5. The molecule has 0 aliphatic carbocycles. The molecule has 0 saturated carbocycles. The molecule has 0 radical (unpaired) electrons. The van der Waals surface area contributed by atoms with E-state index in [9.17, 15) is 5.11 Å². The van der Waals surface area contributed by atoms with Gasteiger partial charge in [-0.2, -0.15) is 0 Å². The number of ether oxygens (including phenoxy) is 1. The van der Waals surface area contributed by atoms with Crippen LogP contribution in [0, 0.1) is 13.8 Å². The Morgan fingerprint density at radius 2 is 1.57 bits per heavy atom. The molecule has 2 aromatic heterocycles. The molecule has 0 spiro atoms. The SMILES string of the molecule is CC.CC.CC.Cc1nc2c3c(ccn2c1C)C(O)CC(c1ccccc1)O3. The van der Waals surface area contributed by atoms with Gasteiger partial charge in [0.2, 0.25) is 0 Å². The van der Waals surface area contributed by atoms with Crippen LogP contribution < -0.4 is 4.74 Å². The number of hydrogen-bond donors (Lipinski definition) is 1. The maximum Gasteiger partial charge on any atom is 0.180 e. The lowest BCUT2D eigenvalue weighted by Gasteiger charge is -2.30. The first-order valence-corrected chi connectivity index (χ1v) is 10.5. The Balaban J connectivity index is 0.000000599. The molecule has 0 saturated heterocycles. The van der Waals surface area contributed by atoms with Crippen LogP contribution in [-0.4, -0.2) is 14.5 Å². The molecule has 0 bridgehead atoms. The minimum atomic E-state index is -0.531. The number of rotatable bonds is 1. The third-order valence-corrected chi connectivity index (χ3v) is 4.48. The summed E-state index contributed by atoms with van der Waals surface area (Å²) >= 11 is 0. The number of hydrogen-bond acceptors (Lipinski definition) is 3. The Bertz CT molecular complexity index is 841. The summed E-state index contributed by atoms with van der Waals surface area (Å²) in [6.07, 6.45) is 1.84. The van der Waals surface area contributed by atoms with Crippen molar-refractivity contribution in [3.05, 3.63) is 65.1 Å². The van der Waals surface area contributed by atoms with Crippen molar-refractivity contribution >= 4 is 5.65 Å². The van der Waals surface area contributed by atoms with Crippen LogP contribution >= 0.6 is 0 Å². The number of benzene rings is 1. The van der Waals surface area contributed by atoms with Crippen molar-refractivity contribution in [2.75, 3.05) is 0 Å². The highest BCUT2D eigenvalue weighted by Gasteiger charge is 2.30. The van der Waals surface area contributed by atoms with Gasteiger partial charge >= 0.3 is 0 Å². The highest BCUT2D eigenvalue weighted by Crippen LogP contribution is 2.42. The number of fused-ring (bicyclic) bond motifs is 3. The highest BCUT2D eigenvalue weighted by molar-refractivity contribution is 5.61. The van der Waals surface area contributed by atoms with Crippen LogP contribution in [0.1, 0.15) is 82.7 Å². The molecular formula is C24H36N2O2. The second kappa shape index (κ2) is 11.5. The van der Waals surface area contributed by atoms with Crippen molar-refractivity contribution in [2.45, 2.75) is 74.0 Å². The van der Waals surface area contributed by atoms with Gasteiger partial charge in [-0.3, -0.25) is 0 Å². The van der Waals surface area contributed by atoms with Gasteiger partial charge in [0.15, 0.2) is 11.4 Å². The summed E-state index contributed by atoms with van der Waals surface area (Å²) in [6.45, 7) is 16.0. The molecule has 1 aliphatic rings. The molecule has 4 heteroatoms. The van der Waals surface area contributed by atoms with Gasteiger partial charge in [-0.15, -0.1) is 0 Å². The van der Waals surface area contributed by atoms with Crippen molar-refractivity contribution in [1.82, 2.24) is 9.38 Å². The molecular weight excluding hydrogens is 348 g/mol. The van der Waals surface area contributed by atoms with Gasteiger partial charge in [0.25, 0.3) is 0 Å². The smallest absolute Gasteiger partial charge is 0.180 e. The van der Waals surface area contributed by atoms with E-state index < -0.39 is 6.10 Å². The lowest BCUT2D eigenvalue weighted by molar-refractivity contribution is 0.0665. The zero-order valence-electron chi connectivity index (χ0n) is 18.7. The zero-order chi connectivity index (χ0) is 21.3. The predicted octanol–water partition coefficient (Wildman–Crippen LogP) is 6.59. The van der Waals surface area contributed by atoms with Crippen LogP contribution in [0.5, 0.6) is 5.75 Å². The van der Waals surface area contributed by atoms with Crippen LogP contribution in [0.25, 0.3) is 5.65 Å². The maximum atomic E-state index is 10.5. The topological polar surface area (TPSA) is 46.8 Å². The van der Waals surface area contributed by atoms with Gasteiger partial charge in [-0.1, -0.05) is 71.9 Å². The molecule has 1 aliphatic heterocycles. The van der Waals surface area contributed by atoms with Gasteiger partial charge < -0.3 is 14.2 Å². The van der Waals surface area contributed by atoms with E-state index in [1.165, 1.54) is 0 Å². The molecule has 4 nitrogen and oxygen atoms in total. The molecule has 4 rings (SSSR count). The number of nitrogens with zero attached hydrogens (tertiary/aromatic N) is 2. The van der Waals surface area contributed by atoms with Crippen LogP contribution in [0.3, 0.4) is 0 Å². The number of aryl methyl sites for hydroxylation is 2. The number of pyridine rings is 1. The third kappa shape index (κ3) is 4.74. The molecule has 2 atom stereocenters. The summed E-state index contributed by atoms with van der Waals surface area (Å²) in [5.74, 6) is 0.700. The van der Waals surface area contributed by atoms with Crippen molar-refractivity contribution < 1.29 is 9.84 Å². The summed E-state index contributed by atoms with van der Waals surface area (Å²) < 4.78 is 8.25. The van der Waals surface area contributed by atoms with Gasteiger partial charge in [0.1, 0.15) is 6.10 Å². The van der Waals surface area contributed by atoms with Crippen LogP contribution in [0.2, 0.25) is 0 Å². The molecule has 28 heavy (non-hydrogen) atoms. The standard InChI is InChI=1S/C18H18N2O2.3C2H6/c1-11-12(2)20-9-8-14-15(21)10-16(13-6-4-3-5-7-13)22-17(14)18(20)19-11;3*1-2/h3-9,15-16,21H,10H2,1-2H3;3*1-2H3. The fraction of sp³-hybridized carbons (Fsp3) is 0.458. The van der Waals surface area contributed by atoms with Gasteiger partial charge in [-0.25, -0.2) is 4.98 Å². The first kappa shape index (κ1) is 23.7. The minimum absolute atomic E-state index is 0.146. The van der Waals surface area contributed by atoms with E-state index >= 15 is 0 Å². The summed E-state index contributed by atoms with van der Waals surface area (Å²) in [7, 11) is 0. The summed E-state index contributed by atoms with van der Waals surface area (Å²) in [6, 6.07) is 12.0. The maximum absolute atomic E-state index is 10.5. The van der Waals surface area contributed by atoms with Crippen molar-refractivity contribution in [2.24, 2.45) is 0 Å². The Morgan fingerprint density at radius 3 is 2.18 bits per heavy atom. The van der Waals surface area contributed by atoms with Gasteiger partial charge in [-0.05, 0) is 25.5 Å². The molecule has 0 fully saturated rings. The highest BCUT2D eigenvalue weighted by atomic mass is 16.5. The predicted molar refractivity (Wildman–Crippen MR) is 118 cm³/mol. The molecule has 2 unspecified atom stereocenters. The zero-order valence-corrected chi connectivity index (χ0v) is 18.7. The number of aliphatic hydroxyl groups excluding tert-OH is 1. The van der Waals surface area contributed by atoms with Crippen molar-refractivity contribution in [3.63, 3.8) is 0 Å². The quantitative estimate of drug-likeness (QED) is 0.515. The lowest BCUT2D eigenvalue weighted by Crippen LogP contribution is -2.19. The number of aromatic nitrogens is 2. The first-order valence-electron chi connectivity index (χ1n) is 10.5. The van der Waals surface area contributed by atoms with E-state index in [1.807, 2.05) is 102 Å². The molecule has 154 valence electrons. The monoisotopic (exact) mass is 384 g/mol. The molecule has 3 heterocycles. The fourth-order valence-corrected chi connectivity index (χ4v) is 3.10. The Morgan fingerprint density at radius 1 is 0.964 bits per heavy atom. The van der Waals surface area contributed by atoms with Crippen LogP contribution in [0.15, 0.2) is 42.6 Å². The first-order chi connectivity index (χ1) is 13.6. The van der Waals surface area contributed by atoms with Crippen LogP contribution in [0.4, 0.5) is 0 Å². The second-order valence-electron chi connectivity index (χ2n) is 5.85. The average Bonchev–Trinajstić information content (AvgIpc) is 3.07. The molecule has 3 aromatic rings. The van der Waals surface area contributed by atoms with Crippen LogP contribution in [-0.2, 0) is 0 Å². The fourth-order valence-electron chi connectivity index (χ4n) is 3.10. The van der Waals surface area contributed by atoms with E-state index in [0.29, 0.717) is 12.2 Å². The number of imidazole rings is 1. The van der Waals surface area contributed by atoms with Gasteiger partial charge in [0.05, 0.1) is 11.8 Å². The lowest BCUT2D eigenvalue weighted by atomic mass is 9.96. The summed E-state index contributed by atoms with van der Waals surface area (Å²) in [5.41, 5.74) is 4.76. The Labute approximate surface area is 170 Å². The van der Waals surface area contributed by atoms with E-state index in [0.717, 1.165) is 28.2 Å². The molecule has 1 N–H and O–H groups in total. The summed E-state index contributed by atoms with van der Waals surface area (Å²) in [4.78, 5) is 4.62. The van der Waals surface area contributed by atoms with E-state index in [-0.39, 0.29) is 6.10 Å². The van der Waals surface area contributed by atoms with E-state index in [2.05, 4.69) is 4.98 Å². The largest absolute Gasteiger partial charge is 0.481 e. The third-order valence-electron chi connectivity index (χ3n) is 4.48. The van der Waals surface area contributed by atoms with Gasteiger partial charge in [0, 0.05) is 23.9 Å². The Kier molecular flexibility index (Phi) is 9.74. The van der Waals surface area contributed by atoms with E-state index in [4.69, 9.17) is 4.74 Å². The Hall–Kier alpha value is -2.33. The molecule has 0 amide bonds. The van der Waals surface area contributed by atoms with Crippen molar-refractivity contribution in [1.29, 1.82) is 0 Å². The van der Waals surface area contributed by atoms with E-state index in [1.54, 1.807) is 0 Å². The van der Waals surface area contributed by atoms with Crippen molar-refractivity contribution in [3.8, 4) is 5.75 Å².